The lowest BCUT2D eigenvalue weighted by atomic mass is 9.96. The summed E-state index contributed by atoms with van der Waals surface area (Å²) in [4.78, 5) is 31.9. The minimum atomic E-state index is -1.39. The van der Waals surface area contributed by atoms with Gasteiger partial charge in [0.15, 0.2) is 11.5 Å². The molecule has 0 heterocycles. The van der Waals surface area contributed by atoms with E-state index >= 15 is 0 Å². The first-order valence-corrected chi connectivity index (χ1v) is 6.19. The molecule has 0 fully saturated rings. The highest BCUT2D eigenvalue weighted by Crippen LogP contribution is 2.45. The van der Waals surface area contributed by atoms with Gasteiger partial charge in [-0.1, -0.05) is 0 Å². The lowest BCUT2D eigenvalue weighted by molar-refractivity contribution is -0.132. The second-order valence-corrected chi connectivity index (χ2v) is 4.30. The summed E-state index contributed by atoms with van der Waals surface area (Å²) in [5.41, 5.74) is -0.856. The number of aliphatic carboxylic acids is 3. The second kappa shape index (κ2) is 7.49. The Bertz CT molecular complexity index is 734. The normalized spacial score (nSPS) is 11.5. The van der Waals surface area contributed by atoms with E-state index in [1.165, 1.54) is 0 Å². The number of aromatic hydroxyl groups is 3. The van der Waals surface area contributed by atoms with Gasteiger partial charge in [0.25, 0.3) is 0 Å². The molecule has 0 amide bonds. The van der Waals surface area contributed by atoms with Crippen LogP contribution >= 0.6 is 0 Å². The second-order valence-electron chi connectivity index (χ2n) is 4.30. The predicted octanol–water partition coefficient (Wildman–Crippen LogP) is 1.10. The van der Waals surface area contributed by atoms with Crippen molar-refractivity contribution in [3.8, 4) is 17.2 Å². The molecule has 0 unspecified atom stereocenters. The van der Waals surface area contributed by atoms with E-state index in [-0.39, 0.29) is 16.7 Å². The fourth-order valence-electron chi connectivity index (χ4n) is 1.75. The molecule has 0 spiro atoms. The van der Waals surface area contributed by atoms with Crippen LogP contribution in [0, 0.1) is 0 Å². The van der Waals surface area contributed by atoms with Gasteiger partial charge in [-0.3, -0.25) is 0 Å². The molecule has 1 aromatic rings. The minimum Gasteiger partial charge on any atom is -0.504 e. The highest BCUT2D eigenvalue weighted by molar-refractivity contribution is 5.95. The SMILES string of the molecule is O=C(O)C=Cc1c(O)c(O)c(O)c(C=CC(=O)O)c1C=CC(=O)O. The third-order valence-electron chi connectivity index (χ3n) is 2.72. The summed E-state index contributed by atoms with van der Waals surface area (Å²) in [6, 6.07) is 0. The van der Waals surface area contributed by atoms with Crippen LogP contribution in [0.5, 0.6) is 17.2 Å². The van der Waals surface area contributed by atoms with E-state index in [4.69, 9.17) is 15.3 Å². The van der Waals surface area contributed by atoms with Crippen LogP contribution in [0.2, 0.25) is 0 Å². The Hall–Kier alpha value is -3.75. The summed E-state index contributed by atoms with van der Waals surface area (Å²) < 4.78 is 0. The smallest absolute Gasteiger partial charge is 0.328 e. The van der Waals surface area contributed by atoms with E-state index in [1.54, 1.807) is 0 Å². The van der Waals surface area contributed by atoms with Gasteiger partial charge < -0.3 is 30.6 Å². The molecule has 0 aromatic heterocycles. The number of rotatable bonds is 6. The number of carbonyl (C=O) groups is 3. The fraction of sp³-hybridized carbons (Fsp3) is 0. The topological polar surface area (TPSA) is 173 Å². The maximum Gasteiger partial charge on any atom is 0.328 e. The van der Waals surface area contributed by atoms with Crippen LogP contribution in [0.1, 0.15) is 16.7 Å². The summed E-state index contributed by atoms with van der Waals surface area (Å²) in [5.74, 6) is -6.98. The van der Waals surface area contributed by atoms with Gasteiger partial charge >= 0.3 is 17.9 Å². The lowest BCUT2D eigenvalue weighted by Crippen LogP contribution is -1.95. The summed E-state index contributed by atoms with van der Waals surface area (Å²) in [7, 11) is 0. The van der Waals surface area contributed by atoms with Crippen LogP contribution < -0.4 is 0 Å². The third-order valence-corrected chi connectivity index (χ3v) is 2.72. The molecule has 9 heteroatoms. The summed E-state index contributed by atoms with van der Waals surface area (Å²) >= 11 is 0. The average Bonchev–Trinajstić information content (AvgIpc) is 2.48. The largest absolute Gasteiger partial charge is 0.504 e. The van der Waals surface area contributed by atoms with Crippen molar-refractivity contribution < 1.29 is 45.0 Å². The van der Waals surface area contributed by atoms with Gasteiger partial charge in [-0.15, -0.1) is 0 Å². The van der Waals surface area contributed by atoms with Crippen molar-refractivity contribution >= 4 is 36.1 Å². The van der Waals surface area contributed by atoms with Gasteiger partial charge in [0.2, 0.25) is 5.75 Å². The number of hydrogen-bond acceptors (Lipinski definition) is 6. The molecule has 1 rings (SSSR count). The standard InChI is InChI=1S/C15H12O9/c16-10(17)4-1-7-8(2-5-11(18)19)13(22)15(24)14(23)9(7)3-6-12(20)21/h1-6,22-24H,(H,16,17)(H,18,19)(H,20,21). The van der Waals surface area contributed by atoms with E-state index in [1.807, 2.05) is 0 Å². The Kier molecular flexibility index (Phi) is 5.71. The Labute approximate surface area is 134 Å². The summed E-state index contributed by atoms with van der Waals surface area (Å²) in [6.07, 6.45) is 4.46. The summed E-state index contributed by atoms with van der Waals surface area (Å²) in [6.45, 7) is 0. The van der Waals surface area contributed by atoms with Crippen LogP contribution in [0.25, 0.3) is 18.2 Å². The van der Waals surface area contributed by atoms with Gasteiger partial charge in [0, 0.05) is 29.4 Å². The van der Waals surface area contributed by atoms with Crippen LogP contribution in [-0.4, -0.2) is 48.5 Å². The molecule has 0 aliphatic heterocycles. The van der Waals surface area contributed by atoms with Crippen molar-refractivity contribution in [2.75, 3.05) is 0 Å². The van der Waals surface area contributed by atoms with Crippen LogP contribution in [-0.2, 0) is 14.4 Å². The maximum absolute atomic E-state index is 10.7. The van der Waals surface area contributed by atoms with E-state index in [2.05, 4.69) is 0 Å². The molecular formula is C15H12O9. The Balaban J connectivity index is 3.80. The molecule has 0 saturated carbocycles. The zero-order valence-electron chi connectivity index (χ0n) is 11.9. The van der Waals surface area contributed by atoms with Gasteiger partial charge in [-0.05, 0) is 23.8 Å². The van der Waals surface area contributed by atoms with Gasteiger partial charge in [0.1, 0.15) is 0 Å². The molecule has 0 saturated heterocycles. The van der Waals surface area contributed by atoms with Crippen molar-refractivity contribution in [1.82, 2.24) is 0 Å². The third kappa shape index (κ3) is 4.37. The van der Waals surface area contributed by atoms with Gasteiger partial charge in [0.05, 0.1) is 0 Å². The monoisotopic (exact) mass is 336 g/mol. The molecule has 1 aromatic carbocycles. The first-order chi connectivity index (χ1) is 11.1. The molecule has 0 aliphatic carbocycles. The molecular weight excluding hydrogens is 324 g/mol. The van der Waals surface area contributed by atoms with Gasteiger partial charge in [-0.2, -0.15) is 0 Å². The molecule has 0 radical (unpaired) electrons. The van der Waals surface area contributed by atoms with Crippen molar-refractivity contribution in [3.63, 3.8) is 0 Å². The van der Waals surface area contributed by atoms with Crippen molar-refractivity contribution in [3.05, 3.63) is 34.9 Å². The minimum absolute atomic E-state index is 0.208. The van der Waals surface area contributed by atoms with Crippen molar-refractivity contribution in [1.29, 1.82) is 0 Å². The Morgan fingerprint density at radius 2 is 0.833 bits per heavy atom. The number of carboxylic acids is 3. The highest BCUT2D eigenvalue weighted by Gasteiger charge is 2.20. The number of phenolic OH excluding ortho intramolecular Hbond substituents is 3. The molecule has 0 bridgehead atoms. The quantitative estimate of drug-likeness (QED) is 0.328. The van der Waals surface area contributed by atoms with E-state index in [0.717, 1.165) is 18.2 Å². The predicted molar refractivity (Wildman–Crippen MR) is 81.4 cm³/mol. The number of carboxylic acid groups (broad SMARTS) is 3. The average molecular weight is 336 g/mol. The lowest BCUT2D eigenvalue weighted by Gasteiger charge is -2.13. The van der Waals surface area contributed by atoms with Crippen LogP contribution in [0.3, 0.4) is 0 Å². The molecule has 126 valence electrons. The molecule has 0 aliphatic rings. The number of phenols is 3. The first kappa shape index (κ1) is 18.3. The van der Waals surface area contributed by atoms with E-state index in [0.29, 0.717) is 18.2 Å². The van der Waals surface area contributed by atoms with Crippen molar-refractivity contribution in [2.45, 2.75) is 0 Å². The van der Waals surface area contributed by atoms with Crippen LogP contribution in [0.4, 0.5) is 0 Å². The van der Waals surface area contributed by atoms with Gasteiger partial charge in [-0.25, -0.2) is 14.4 Å². The number of benzene rings is 1. The summed E-state index contributed by atoms with van der Waals surface area (Å²) in [5, 5.41) is 55.4. The Morgan fingerprint density at radius 1 is 0.542 bits per heavy atom. The Morgan fingerprint density at radius 3 is 1.12 bits per heavy atom. The first-order valence-electron chi connectivity index (χ1n) is 6.19. The zero-order valence-corrected chi connectivity index (χ0v) is 11.9. The molecule has 0 atom stereocenters. The molecule has 9 nitrogen and oxygen atoms in total. The van der Waals surface area contributed by atoms with E-state index < -0.39 is 35.2 Å². The van der Waals surface area contributed by atoms with Crippen LogP contribution in [0.15, 0.2) is 18.2 Å². The number of hydrogen-bond donors (Lipinski definition) is 6. The highest BCUT2D eigenvalue weighted by atomic mass is 16.4. The van der Waals surface area contributed by atoms with Crippen molar-refractivity contribution in [2.24, 2.45) is 0 Å². The fourth-order valence-corrected chi connectivity index (χ4v) is 1.75. The maximum atomic E-state index is 10.7. The molecule has 6 N–H and O–H groups in total. The van der Waals surface area contributed by atoms with E-state index in [9.17, 15) is 29.7 Å². The molecule has 24 heavy (non-hydrogen) atoms. The zero-order chi connectivity index (χ0) is 18.4.